The fourth-order valence-electron chi connectivity index (χ4n) is 4.23. The summed E-state index contributed by atoms with van der Waals surface area (Å²) < 4.78 is 5.46. The van der Waals surface area contributed by atoms with E-state index < -0.39 is 30.2 Å². The number of rotatable bonds is 4. The van der Waals surface area contributed by atoms with Crippen molar-refractivity contribution in [3.63, 3.8) is 0 Å². The predicted molar refractivity (Wildman–Crippen MR) is 104 cm³/mol. The molecule has 0 bridgehead atoms. The highest BCUT2D eigenvalue weighted by Crippen LogP contribution is 2.44. The van der Waals surface area contributed by atoms with E-state index in [1.807, 2.05) is 36.4 Å². The monoisotopic (exact) mass is 395 g/mol. The Bertz CT molecular complexity index is 909. The number of amides is 3. The van der Waals surface area contributed by atoms with Crippen molar-refractivity contribution in [3.8, 4) is 11.1 Å². The van der Waals surface area contributed by atoms with Crippen LogP contribution < -0.4 is 11.1 Å². The molecule has 8 nitrogen and oxygen atoms in total. The number of benzene rings is 2. The fourth-order valence-corrected chi connectivity index (χ4v) is 4.23. The molecule has 2 atom stereocenters. The van der Waals surface area contributed by atoms with Gasteiger partial charge in [0.05, 0.1) is 6.04 Å². The van der Waals surface area contributed by atoms with Gasteiger partial charge in [0.15, 0.2) is 0 Å². The highest BCUT2D eigenvalue weighted by Gasteiger charge is 2.39. The van der Waals surface area contributed by atoms with E-state index in [1.54, 1.807) is 0 Å². The number of nitrogens with one attached hydrogen (secondary N) is 1. The molecule has 2 aliphatic rings. The first-order valence-corrected chi connectivity index (χ1v) is 9.36. The van der Waals surface area contributed by atoms with Gasteiger partial charge in [0.25, 0.3) is 0 Å². The number of nitrogens with zero attached hydrogens (tertiary/aromatic N) is 1. The first-order valence-electron chi connectivity index (χ1n) is 9.36. The van der Waals surface area contributed by atoms with E-state index in [0.717, 1.165) is 27.2 Å². The van der Waals surface area contributed by atoms with Crippen LogP contribution in [-0.4, -0.2) is 53.3 Å². The van der Waals surface area contributed by atoms with Crippen LogP contribution >= 0.6 is 0 Å². The quantitative estimate of drug-likeness (QED) is 0.732. The maximum absolute atomic E-state index is 12.3. The van der Waals surface area contributed by atoms with Crippen molar-refractivity contribution in [2.45, 2.75) is 24.4 Å². The molecule has 2 unspecified atom stereocenters. The molecule has 1 fully saturated rings. The number of alkyl carbamates (subject to hydrolysis) is 1. The first kappa shape index (κ1) is 18.8. The molecule has 1 heterocycles. The molecule has 2 aromatic rings. The molecule has 1 saturated heterocycles. The molecule has 1 aliphatic carbocycles. The number of likely N-dealkylation sites (tertiary alicyclic amines) is 1. The van der Waals surface area contributed by atoms with E-state index in [0.29, 0.717) is 0 Å². The molecule has 150 valence electrons. The molecule has 3 amide bonds. The average molecular weight is 395 g/mol. The topological polar surface area (TPSA) is 122 Å². The van der Waals surface area contributed by atoms with Gasteiger partial charge in [-0.3, -0.25) is 9.69 Å². The second-order valence-electron chi connectivity index (χ2n) is 7.26. The Balaban J connectivity index is 1.41. The molecule has 0 spiro atoms. The molecule has 0 radical (unpaired) electrons. The average Bonchev–Trinajstić information content (AvgIpc) is 3.26. The molecular weight excluding hydrogens is 374 g/mol. The van der Waals surface area contributed by atoms with Gasteiger partial charge in [-0.2, -0.15) is 0 Å². The number of nitrogens with two attached hydrogens (primary N) is 1. The van der Waals surface area contributed by atoms with Gasteiger partial charge < -0.3 is 20.9 Å². The summed E-state index contributed by atoms with van der Waals surface area (Å²) in [5, 5.41) is 11.8. The summed E-state index contributed by atoms with van der Waals surface area (Å²) >= 11 is 0. The van der Waals surface area contributed by atoms with Gasteiger partial charge in [-0.15, -0.1) is 0 Å². The Morgan fingerprint density at radius 2 is 1.66 bits per heavy atom. The molecule has 1 aliphatic heterocycles. The van der Waals surface area contributed by atoms with Crippen molar-refractivity contribution < 1.29 is 24.2 Å². The molecule has 29 heavy (non-hydrogen) atoms. The third-order valence-corrected chi connectivity index (χ3v) is 5.54. The lowest BCUT2D eigenvalue weighted by Crippen LogP contribution is -2.43. The van der Waals surface area contributed by atoms with Gasteiger partial charge in [0, 0.05) is 12.5 Å². The SMILES string of the molecule is NC(=O)C1CC(NC(=O)OCC2c3ccccc3-c3ccccc32)CN1C(=O)O. The lowest BCUT2D eigenvalue weighted by molar-refractivity contribution is -0.121. The minimum Gasteiger partial charge on any atom is -0.465 e. The Kier molecular flexibility index (Phi) is 4.84. The van der Waals surface area contributed by atoms with Gasteiger partial charge in [-0.05, 0) is 28.7 Å². The minimum atomic E-state index is -1.24. The number of carbonyl (C=O) groups excluding carboxylic acids is 2. The molecule has 4 N–H and O–H groups in total. The molecule has 2 aromatic carbocycles. The number of carboxylic acid groups (broad SMARTS) is 1. The first-order chi connectivity index (χ1) is 14.0. The number of ether oxygens (including phenoxy) is 1. The zero-order valence-corrected chi connectivity index (χ0v) is 15.6. The summed E-state index contributed by atoms with van der Waals surface area (Å²) in [6, 6.07) is 14.6. The van der Waals surface area contributed by atoms with E-state index in [4.69, 9.17) is 10.5 Å². The van der Waals surface area contributed by atoms with Crippen LogP contribution in [0.2, 0.25) is 0 Å². The van der Waals surface area contributed by atoms with Crippen molar-refractivity contribution >= 4 is 18.1 Å². The zero-order valence-electron chi connectivity index (χ0n) is 15.6. The lowest BCUT2D eigenvalue weighted by atomic mass is 9.98. The largest absolute Gasteiger partial charge is 0.465 e. The second-order valence-corrected chi connectivity index (χ2v) is 7.26. The van der Waals surface area contributed by atoms with E-state index in [2.05, 4.69) is 17.4 Å². The lowest BCUT2D eigenvalue weighted by Gasteiger charge is -2.18. The maximum Gasteiger partial charge on any atom is 0.408 e. The van der Waals surface area contributed by atoms with Crippen molar-refractivity contribution in [1.82, 2.24) is 10.2 Å². The van der Waals surface area contributed by atoms with Crippen molar-refractivity contribution in [2.75, 3.05) is 13.2 Å². The number of hydrogen-bond donors (Lipinski definition) is 3. The summed E-state index contributed by atoms with van der Waals surface area (Å²) in [5.74, 6) is -0.796. The van der Waals surface area contributed by atoms with Crippen LogP contribution in [-0.2, 0) is 9.53 Å². The Hall–Kier alpha value is -3.55. The van der Waals surface area contributed by atoms with Crippen LogP contribution in [0.4, 0.5) is 9.59 Å². The summed E-state index contributed by atoms with van der Waals surface area (Å²) in [6.07, 6.45) is -1.76. The van der Waals surface area contributed by atoms with Gasteiger partial charge in [-0.1, -0.05) is 48.5 Å². The van der Waals surface area contributed by atoms with Crippen LogP contribution in [0, 0.1) is 0 Å². The maximum atomic E-state index is 12.3. The van der Waals surface area contributed by atoms with E-state index >= 15 is 0 Å². The predicted octanol–water partition coefficient (Wildman–Crippen LogP) is 2.13. The Morgan fingerprint density at radius 3 is 2.17 bits per heavy atom. The fraction of sp³-hybridized carbons (Fsp3) is 0.286. The van der Waals surface area contributed by atoms with Gasteiger partial charge in [-0.25, -0.2) is 9.59 Å². The number of hydrogen-bond acceptors (Lipinski definition) is 4. The number of carbonyl (C=O) groups is 3. The van der Waals surface area contributed by atoms with Crippen LogP contribution in [0.15, 0.2) is 48.5 Å². The van der Waals surface area contributed by atoms with Crippen LogP contribution in [0.3, 0.4) is 0 Å². The zero-order chi connectivity index (χ0) is 20.5. The van der Waals surface area contributed by atoms with Crippen molar-refractivity contribution in [1.29, 1.82) is 0 Å². The van der Waals surface area contributed by atoms with Crippen molar-refractivity contribution in [3.05, 3.63) is 59.7 Å². The summed E-state index contributed by atoms with van der Waals surface area (Å²) in [7, 11) is 0. The molecular formula is C21H21N3O5. The van der Waals surface area contributed by atoms with E-state index in [1.165, 1.54) is 0 Å². The van der Waals surface area contributed by atoms with Gasteiger partial charge in [0.2, 0.25) is 5.91 Å². The highest BCUT2D eigenvalue weighted by molar-refractivity contribution is 5.85. The van der Waals surface area contributed by atoms with Crippen LogP contribution in [0.25, 0.3) is 11.1 Å². The molecule has 8 heteroatoms. The van der Waals surface area contributed by atoms with Crippen LogP contribution in [0.5, 0.6) is 0 Å². The number of fused-ring (bicyclic) bond motifs is 3. The summed E-state index contributed by atoms with van der Waals surface area (Å²) in [4.78, 5) is 36.0. The second kappa shape index (κ2) is 7.46. The smallest absolute Gasteiger partial charge is 0.408 e. The molecule has 4 rings (SSSR count). The minimum absolute atomic E-state index is 0.00681. The van der Waals surface area contributed by atoms with Crippen molar-refractivity contribution in [2.24, 2.45) is 5.73 Å². The standard InChI is InChI=1S/C21H21N3O5/c22-19(25)18-9-12(10-24(18)21(27)28)23-20(26)29-11-17-15-7-3-1-5-13(15)14-6-2-4-8-16(14)17/h1-8,12,17-18H,9-11H2,(H2,22,25)(H,23,26)(H,27,28). The van der Waals surface area contributed by atoms with Crippen LogP contribution in [0.1, 0.15) is 23.5 Å². The summed E-state index contributed by atoms with van der Waals surface area (Å²) in [6.45, 7) is 0.154. The third-order valence-electron chi connectivity index (χ3n) is 5.54. The van der Waals surface area contributed by atoms with Gasteiger partial charge >= 0.3 is 12.2 Å². The van der Waals surface area contributed by atoms with E-state index in [9.17, 15) is 19.5 Å². The highest BCUT2D eigenvalue weighted by atomic mass is 16.5. The third kappa shape index (κ3) is 3.49. The molecule has 0 saturated carbocycles. The Morgan fingerprint density at radius 1 is 1.07 bits per heavy atom. The normalized spacial score (nSPS) is 20.1. The Labute approximate surface area is 167 Å². The van der Waals surface area contributed by atoms with Gasteiger partial charge in [0.1, 0.15) is 12.6 Å². The molecule has 0 aromatic heterocycles. The number of primary amides is 1. The summed E-state index contributed by atoms with van der Waals surface area (Å²) in [5.41, 5.74) is 9.74. The van der Waals surface area contributed by atoms with E-state index in [-0.39, 0.29) is 25.5 Å².